The van der Waals surface area contributed by atoms with E-state index in [-0.39, 0.29) is 23.6 Å². The molecule has 4 nitrogen and oxygen atoms in total. The van der Waals surface area contributed by atoms with E-state index in [9.17, 15) is 17.2 Å². The lowest BCUT2D eigenvalue weighted by Crippen LogP contribution is -2.40. The molecule has 0 bridgehead atoms. The standard InChI is InChI=1S/C24H24F2N2O2S/c25-20-8-6-18(7-9-20)24(27-22-12-10-21(26)11-13-22)19-14-16-28(17-15-19)31(29,30)23-4-2-1-3-5-23/h1-13,19,24,27H,14-17H2. The summed E-state index contributed by atoms with van der Waals surface area (Å²) in [4.78, 5) is 0.299. The molecule has 1 atom stereocenters. The van der Waals surface area contributed by atoms with E-state index in [4.69, 9.17) is 0 Å². The van der Waals surface area contributed by atoms with Crippen LogP contribution in [0.2, 0.25) is 0 Å². The SMILES string of the molecule is O=S(=O)(c1ccccc1)N1CCC(C(Nc2ccc(F)cc2)c2ccc(F)cc2)CC1. The largest absolute Gasteiger partial charge is 0.378 e. The third-order valence-electron chi connectivity index (χ3n) is 5.75. The number of hydrogen-bond acceptors (Lipinski definition) is 3. The zero-order chi connectivity index (χ0) is 21.8. The Bertz CT molecular complexity index is 1100. The van der Waals surface area contributed by atoms with Crippen molar-refractivity contribution in [3.05, 3.63) is 96.1 Å². The zero-order valence-electron chi connectivity index (χ0n) is 16.9. The van der Waals surface area contributed by atoms with Crippen molar-refractivity contribution in [1.82, 2.24) is 4.31 Å². The first-order chi connectivity index (χ1) is 14.9. The number of nitrogens with zero attached hydrogens (tertiary/aromatic N) is 1. The highest BCUT2D eigenvalue weighted by Crippen LogP contribution is 2.35. The number of halogens is 2. The number of nitrogens with one attached hydrogen (secondary N) is 1. The van der Waals surface area contributed by atoms with Gasteiger partial charge < -0.3 is 5.32 Å². The van der Waals surface area contributed by atoms with Crippen LogP contribution < -0.4 is 5.32 Å². The van der Waals surface area contributed by atoms with Gasteiger partial charge in [0, 0.05) is 18.8 Å². The summed E-state index contributed by atoms with van der Waals surface area (Å²) >= 11 is 0. The smallest absolute Gasteiger partial charge is 0.243 e. The van der Waals surface area contributed by atoms with E-state index in [2.05, 4.69) is 5.32 Å². The van der Waals surface area contributed by atoms with Gasteiger partial charge in [-0.1, -0.05) is 30.3 Å². The van der Waals surface area contributed by atoms with Gasteiger partial charge in [0.25, 0.3) is 0 Å². The molecule has 1 aliphatic heterocycles. The van der Waals surface area contributed by atoms with Crippen molar-refractivity contribution < 1.29 is 17.2 Å². The number of benzene rings is 3. The number of rotatable bonds is 6. The van der Waals surface area contributed by atoms with E-state index in [1.165, 1.54) is 28.6 Å². The highest BCUT2D eigenvalue weighted by Gasteiger charge is 2.33. The molecule has 0 spiro atoms. The normalized spacial score (nSPS) is 16.7. The van der Waals surface area contributed by atoms with Crippen molar-refractivity contribution in [3.63, 3.8) is 0 Å². The minimum Gasteiger partial charge on any atom is -0.378 e. The first-order valence-electron chi connectivity index (χ1n) is 10.3. The van der Waals surface area contributed by atoms with Gasteiger partial charge in [-0.05, 0) is 72.9 Å². The Balaban J connectivity index is 1.53. The fourth-order valence-electron chi connectivity index (χ4n) is 4.06. The summed E-state index contributed by atoms with van der Waals surface area (Å²) in [5, 5.41) is 3.44. The van der Waals surface area contributed by atoms with E-state index in [0.717, 1.165) is 11.3 Å². The number of anilines is 1. The molecule has 1 aliphatic rings. The van der Waals surface area contributed by atoms with Crippen molar-refractivity contribution in [1.29, 1.82) is 0 Å². The highest BCUT2D eigenvalue weighted by atomic mass is 32.2. The Morgan fingerprint density at radius 2 is 1.35 bits per heavy atom. The Morgan fingerprint density at radius 1 is 0.806 bits per heavy atom. The molecule has 0 saturated carbocycles. The molecule has 1 heterocycles. The van der Waals surface area contributed by atoms with Crippen molar-refractivity contribution in [2.45, 2.75) is 23.8 Å². The van der Waals surface area contributed by atoms with Crippen LogP contribution in [0.25, 0.3) is 0 Å². The van der Waals surface area contributed by atoms with Crippen LogP contribution in [0.3, 0.4) is 0 Å². The van der Waals surface area contributed by atoms with Gasteiger partial charge in [0.05, 0.1) is 10.9 Å². The molecule has 7 heteroatoms. The lowest BCUT2D eigenvalue weighted by molar-refractivity contribution is 0.253. The first kappa shape index (κ1) is 21.5. The van der Waals surface area contributed by atoms with E-state index in [1.54, 1.807) is 54.6 Å². The fourth-order valence-corrected chi connectivity index (χ4v) is 5.55. The van der Waals surface area contributed by atoms with Gasteiger partial charge >= 0.3 is 0 Å². The van der Waals surface area contributed by atoms with Crippen molar-refractivity contribution in [3.8, 4) is 0 Å². The second-order valence-corrected chi connectivity index (χ2v) is 9.67. The summed E-state index contributed by atoms with van der Waals surface area (Å²) in [5.74, 6) is -0.492. The molecule has 3 aromatic carbocycles. The lowest BCUT2D eigenvalue weighted by Gasteiger charge is -2.36. The molecule has 4 rings (SSSR count). The van der Waals surface area contributed by atoms with Gasteiger partial charge in [-0.3, -0.25) is 0 Å². The van der Waals surface area contributed by atoms with Crippen LogP contribution in [-0.4, -0.2) is 25.8 Å². The quantitative estimate of drug-likeness (QED) is 0.570. The third kappa shape index (κ3) is 4.94. The molecular weight excluding hydrogens is 418 g/mol. The lowest BCUT2D eigenvalue weighted by atomic mass is 9.85. The minimum absolute atomic E-state index is 0.137. The zero-order valence-corrected chi connectivity index (χ0v) is 17.7. The molecule has 0 aromatic heterocycles. The maximum absolute atomic E-state index is 13.5. The van der Waals surface area contributed by atoms with Crippen LogP contribution in [0.4, 0.5) is 14.5 Å². The number of hydrogen-bond donors (Lipinski definition) is 1. The number of piperidine rings is 1. The molecule has 1 unspecified atom stereocenters. The average Bonchev–Trinajstić information content (AvgIpc) is 2.80. The van der Waals surface area contributed by atoms with Gasteiger partial charge in [-0.15, -0.1) is 0 Å². The van der Waals surface area contributed by atoms with Crippen LogP contribution in [0.5, 0.6) is 0 Å². The van der Waals surface area contributed by atoms with Crippen LogP contribution in [0, 0.1) is 17.6 Å². The molecule has 162 valence electrons. The second kappa shape index (κ2) is 9.16. The Hall–Kier alpha value is -2.77. The molecule has 0 amide bonds. The second-order valence-electron chi connectivity index (χ2n) is 7.74. The molecule has 1 fully saturated rings. The van der Waals surface area contributed by atoms with Gasteiger partial charge in [0.15, 0.2) is 0 Å². The molecule has 1 saturated heterocycles. The average molecular weight is 443 g/mol. The topological polar surface area (TPSA) is 49.4 Å². The van der Waals surface area contributed by atoms with E-state index in [0.29, 0.717) is 30.8 Å². The van der Waals surface area contributed by atoms with Crippen molar-refractivity contribution in [2.24, 2.45) is 5.92 Å². The summed E-state index contributed by atoms with van der Waals surface area (Å²) in [6.07, 6.45) is 1.31. The Kier molecular flexibility index (Phi) is 6.34. The van der Waals surface area contributed by atoms with E-state index >= 15 is 0 Å². The van der Waals surface area contributed by atoms with E-state index in [1.807, 2.05) is 0 Å². The maximum Gasteiger partial charge on any atom is 0.243 e. The van der Waals surface area contributed by atoms with Crippen LogP contribution in [0.1, 0.15) is 24.4 Å². The van der Waals surface area contributed by atoms with Gasteiger partial charge in [0.2, 0.25) is 10.0 Å². The van der Waals surface area contributed by atoms with Crippen LogP contribution in [-0.2, 0) is 10.0 Å². The highest BCUT2D eigenvalue weighted by molar-refractivity contribution is 7.89. The molecular formula is C24H24F2N2O2S. The molecule has 1 N–H and O–H groups in total. The summed E-state index contributed by atoms with van der Waals surface area (Å²) < 4.78 is 54.2. The van der Waals surface area contributed by atoms with Crippen molar-refractivity contribution in [2.75, 3.05) is 18.4 Å². The van der Waals surface area contributed by atoms with Crippen LogP contribution >= 0.6 is 0 Å². The van der Waals surface area contributed by atoms with Crippen LogP contribution in [0.15, 0.2) is 83.8 Å². The monoisotopic (exact) mass is 442 g/mol. The van der Waals surface area contributed by atoms with Crippen molar-refractivity contribution >= 4 is 15.7 Å². The molecule has 3 aromatic rings. The summed E-state index contributed by atoms with van der Waals surface area (Å²) in [6.45, 7) is 0.815. The van der Waals surface area contributed by atoms with Gasteiger partial charge in [0.1, 0.15) is 11.6 Å². The Morgan fingerprint density at radius 3 is 1.94 bits per heavy atom. The van der Waals surface area contributed by atoms with Gasteiger partial charge in [-0.25, -0.2) is 17.2 Å². The summed E-state index contributed by atoms with van der Waals surface area (Å²) in [5.41, 5.74) is 1.67. The Labute approximate surface area is 181 Å². The minimum atomic E-state index is -3.52. The molecule has 31 heavy (non-hydrogen) atoms. The molecule has 0 aliphatic carbocycles. The summed E-state index contributed by atoms with van der Waals surface area (Å²) in [7, 11) is -3.52. The predicted molar refractivity (Wildman–Crippen MR) is 117 cm³/mol. The maximum atomic E-state index is 13.5. The predicted octanol–water partition coefficient (Wildman–Crippen LogP) is 5.22. The summed E-state index contributed by atoms with van der Waals surface area (Å²) in [6, 6.07) is 20.7. The third-order valence-corrected chi connectivity index (χ3v) is 7.66. The molecule has 0 radical (unpaired) electrons. The van der Waals surface area contributed by atoms with E-state index < -0.39 is 10.0 Å². The van der Waals surface area contributed by atoms with Gasteiger partial charge in [-0.2, -0.15) is 4.31 Å². The number of sulfonamides is 1. The fraction of sp³-hybridized carbons (Fsp3) is 0.250. The first-order valence-corrected chi connectivity index (χ1v) is 11.7.